The van der Waals surface area contributed by atoms with Crippen molar-refractivity contribution in [3.8, 4) is 0 Å². The maximum absolute atomic E-state index is 11.9. The van der Waals surface area contributed by atoms with Crippen molar-refractivity contribution in [1.29, 1.82) is 0 Å². The van der Waals surface area contributed by atoms with Crippen LogP contribution in [0.2, 0.25) is 19.6 Å². The highest BCUT2D eigenvalue weighted by atomic mass is 28.3. The first-order valence-electron chi connectivity index (χ1n) is 5.83. The fourth-order valence-corrected chi connectivity index (χ4v) is 2.41. The van der Waals surface area contributed by atoms with Gasteiger partial charge in [-0.1, -0.05) is 38.3 Å². The van der Waals surface area contributed by atoms with Gasteiger partial charge in [0.2, 0.25) is 0 Å². The molecular formula is C13H22OSi. The fourth-order valence-electron chi connectivity index (χ4n) is 1.76. The summed E-state index contributed by atoms with van der Waals surface area (Å²) in [6, 6.07) is 0. The van der Waals surface area contributed by atoms with Crippen LogP contribution >= 0.6 is 0 Å². The normalized spacial score (nSPS) is 22.9. The van der Waals surface area contributed by atoms with Crippen LogP contribution in [0.15, 0.2) is 23.4 Å². The molecule has 1 nitrogen and oxygen atoms in total. The molecule has 0 saturated heterocycles. The molecule has 0 spiro atoms. The summed E-state index contributed by atoms with van der Waals surface area (Å²) in [5.74, 6) is 0.821. The lowest BCUT2D eigenvalue weighted by molar-refractivity contribution is -0.111. The highest BCUT2D eigenvalue weighted by Crippen LogP contribution is 2.23. The van der Waals surface area contributed by atoms with Gasteiger partial charge in [0.1, 0.15) is 0 Å². The Morgan fingerprint density at radius 3 is 2.67 bits per heavy atom. The van der Waals surface area contributed by atoms with Crippen molar-refractivity contribution in [2.24, 2.45) is 5.92 Å². The van der Waals surface area contributed by atoms with E-state index in [0.717, 1.165) is 12.0 Å². The van der Waals surface area contributed by atoms with E-state index >= 15 is 0 Å². The number of ketones is 1. The van der Waals surface area contributed by atoms with Gasteiger partial charge in [-0.2, -0.15) is 0 Å². The van der Waals surface area contributed by atoms with Crippen molar-refractivity contribution in [3.63, 3.8) is 0 Å². The van der Waals surface area contributed by atoms with Crippen molar-refractivity contribution in [1.82, 2.24) is 0 Å². The second kappa shape index (κ2) is 4.93. The SMILES string of the molecule is CC1C=C(C(=O)/C=C\[Si](C)(C)C)CCC1. The van der Waals surface area contributed by atoms with Gasteiger partial charge in [0.25, 0.3) is 0 Å². The molecule has 84 valence electrons. The Morgan fingerprint density at radius 2 is 2.13 bits per heavy atom. The summed E-state index contributed by atoms with van der Waals surface area (Å²) >= 11 is 0. The minimum absolute atomic E-state index is 0.240. The van der Waals surface area contributed by atoms with Gasteiger partial charge in [0.05, 0.1) is 8.07 Å². The average Bonchev–Trinajstić information content (AvgIpc) is 2.13. The third-order valence-corrected chi connectivity index (χ3v) is 3.81. The zero-order valence-corrected chi connectivity index (χ0v) is 11.3. The van der Waals surface area contributed by atoms with Gasteiger partial charge in [0, 0.05) is 0 Å². The van der Waals surface area contributed by atoms with Gasteiger partial charge in [0.15, 0.2) is 5.78 Å². The predicted octanol–water partition coefficient (Wildman–Crippen LogP) is 3.74. The summed E-state index contributed by atoms with van der Waals surface area (Å²) < 4.78 is 0. The maximum Gasteiger partial charge on any atom is 0.180 e. The van der Waals surface area contributed by atoms with Crippen LogP contribution in [0.1, 0.15) is 26.2 Å². The number of hydrogen-bond donors (Lipinski definition) is 0. The lowest BCUT2D eigenvalue weighted by Crippen LogP contribution is -2.17. The van der Waals surface area contributed by atoms with E-state index in [9.17, 15) is 4.79 Å². The largest absolute Gasteiger partial charge is 0.290 e. The monoisotopic (exact) mass is 222 g/mol. The Bertz CT molecular complexity index is 294. The first-order valence-corrected chi connectivity index (χ1v) is 9.40. The Balaban J connectivity index is 2.65. The predicted molar refractivity (Wildman–Crippen MR) is 68.6 cm³/mol. The molecule has 1 aliphatic rings. The molecule has 0 aromatic rings. The molecule has 15 heavy (non-hydrogen) atoms. The molecule has 1 rings (SSSR count). The van der Waals surface area contributed by atoms with Crippen molar-refractivity contribution in [2.75, 3.05) is 0 Å². The Labute approximate surface area is 94.3 Å². The number of hydrogen-bond acceptors (Lipinski definition) is 1. The van der Waals surface area contributed by atoms with Crippen molar-refractivity contribution >= 4 is 13.9 Å². The van der Waals surface area contributed by atoms with Crippen LogP contribution < -0.4 is 0 Å². The average molecular weight is 222 g/mol. The summed E-state index contributed by atoms with van der Waals surface area (Å²) in [5.41, 5.74) is 3.17. The molecule has 0 N–H and O–H groups in total. The molecule has 1 aliphatic carbocycles. The van der Waals surface area contributed by atoms with E-state index < -0.39 is 8.07 Å². The van der Waals surface area contributed by atoms with Gasteiger partial charge < -0.3 is 0 Å². The smallest absolute Gasteiger partial charge is 0.180 e. The molecule has 0 aromatic carbocycles. The van der Waals surface area contributed by atoms with E-state index in [1.54, 1.807) is 6.08 Å². The van der Waals surface area contributed by atoms with Crippen LogP contribution in [-0.4, -0.2) is 13.9 Å². The molecule has 0 aliphatic heterocycles. The van der Waals surface area contributed by atoms with Crippen LogP contribution in [0, 0.1) is 5.92 Å². The van der Waals surface area contributed by atoms with Gasteiger partial charge in [-0.25, -0.2) is 0 Å². The van der Waals surface area contributed by atoms with E-state index in [1.807, 2.05) is 0 Å². The van der Waals surface area contributed by atoms with Gasteiger partial charge in [-0.3, -0.25) is 4.79 Å². The second-order valence-corrected chi connectivity index (χ2v) is 10.7. The number of rotatable bonds is 3. The zero-order valence-electron chi connectivity index (χ0n) is 10.3. The zero-order chi connectivity index (χ0) is 11.5. The minimum atomic E-state index is -1.23. The fraction of sp³-hybridized carbons (Fsp3) is 0.615. The van der Waals surface area contributed by atoms with Gasteiger partial charge in [-0.15, -0.1) is 0 Å². The van der Waals surface area contributed by atoms with E-state index in [4.69, 9.17) is 0 Å². The third kappa shape index (κ3) is 4.60. The van der Waals surface area contributed by atoms with Crippen molar-refractivity contribution in [3.05, 3.63) is 23.4 Å². The van der Waals surface area contributed by atoms with E-state index in [1.165, 1.54) is 12.8 Å². The topological polar surface area (TPSA) is 17.1 Å². The highest BCUT2D eigenvalue weighted by molar-refractivity contribution is 6.81. The third-order valence-electron chi connectivity index (χ3n) is 2.64. The maximum atomic E-state index is 11.9. The molecule has 0 aromatic heterocycles. The molecule has 1 unspecified atom stereocenters. The highest BCUT2D eigenvalue weighted by Gasteiger charge is 2.15. The molecule has 0 bridgehead atoms. The lowest BCUT2D eigenvalue weighted by atomic mass is 9.90. The molecule has 0 radical (unpaired) electrons. The standard InChI is InChI=1S/C13H22OSi/c1-11-6-5-7-12(10-11)13(14)8-9-15(2,3)4/h8-11H,5-7H2,1-4H3/b9-8-. The second-order valence-electron chi connectivity index (χ2n) is 5.63. The molecule has 0 fully saturated rings. The molecule has 2 heteroatoms. The minimum Gasteiger partial charge on any atom is -0.290 e. The van der Waals surface area contributed by atoms with Crippen LogP contribution in [0.25, 0.3) is 0 Å². The Hall–Kier alpha value is -0.633. The van der Waals surface area contributed by atoms with Gasteiger partial charge in [-0.05, 0) is 36.8 Å². The van der Waals surface area contributed by atoms with E-state index in [-0.39, 0.29) is 5.78 Å². The Kier molecular flexibility index (Phi) is 4.09. The number of allylic oxidation sites excluding steroid dienone is 3. The van der Waals surface area contributed by atoms with E-state index in [2.05, 4.69) is 38.3 Å². The summed E-state index contributed by atoms with van der Waals surface area (Å²) in [6.07, 6.45) is 7.32. The Morgan fingerprint density at radius 1 is 1.47 bits per heavy atom. The first kappa shape index (κ1) is 12.4. The van der Waals surface area contributed by atoms with Crippen molar-refractivity contribution < 1.29 is 4.79 Å². The quantitative estimate of drug-likeness (QED) is 0.525. The lowest BCUT2D eigenvalue weighted by Gasteiger charge is -2.16. The summed E-state index contributed by atoms with van der Waals surface area (Å²) in [5, 5.41) is 0. The molecule has 1 atom stereocenters. The van der Waals surface area contributed by atoms with Gasteiger partial charge >= 0.3 is 0 Å². The first-order chi connectivity index (χ1) is 6.88. The van der Waals surface area contributed by atoms with Crippen LogP contribution in [-0.2, 0) is 4.79 Å². The molecular weight excluding hydrogens is 200 g/mol. The number of carbonyl (C=O) groups is 1. The number of carbonyl (C=O) groups excluding carboxylic acids is 1. The van der Waals surface area contributed by atoms with Crippen LogP contribution in [0.5, 0.6) is 0 Å². The summed E-state index contributed by atoms with van der Waals surface area (Å²) in [6.45, 7) is 8.92. The van der Waals surface area contributed by atoms with Crippen LogP contribution in [0.4, 0.5) is 0 Å². The summed E-state index contributed by atoms with van der Waals surface area (Å²) in [4.78, 5) is 11.9. The molecule has 0 saturated carbocycles. The summed E-state index contributed by atoms with van der Waals surface area (Å²) in [7, 11) is -1.23. The van der Waals surface area contributed by atoms with Crippen molar-refractivity contribution in [2.45, 2.75) is 45.8 Å². The van der Waals surface area contributed by atoms with E-state index in [0.29, 0.717) is 5.92 Å². The van der Waals surface area contributed by atoms with Crippen LogP contribution in [0.3, 0.4) is 0 Å². The molecule has 0 amide bonds. The molecule has 0 heterocycles.